The molecule has 1 heterocycles. The largest absolute Gasteiger partial charge is 0.366 e. The van der Waals surface area contributed by atoms with E-state index in [2.05, 4.69) is 4.98 Å². The van der Waals surface area contributed by atoms with Crippen molar-refractivity contribution in [1.82, 2.24) is 4.98 Å². The van der Waals surface area contributed by atoms with Gasteiger partial charge in [-0.25, -0.2) is 8.78 Å². The summed E-state index contributed by atoms with van der Waals surface area (Å²) in [5, 5.41) is 0. The lowest BCUT2D eigenvalue weighted by molar-refractivity contribution is 0.100. The van der Waals surface area contributed by atoms with Crippen molar-refractivity contribution >= 4 is 5.91 Å². The highest BCUT2D eigenvalue weighted by Crippen LogP contribution is 2.30. The predicted octanol–water partition coefficient (Wildman–Crippen LogP) is 4.47. The fourth-order valence-corrected chi connectivity index (χ4v) is 3.07. The van der Waals surface area contributed by atoms with Crippen LogP contribution in [0.3, 0.4) is 0 Å². The average Bonchev–Trinajstić information content (AvgIpc) is 2.61. The molecular formula is C21H18F2N2O. The van der Waals surface area contributed by atoms with Crippen molar-refractivity contribution in [3.63, 3.8) is 0 Å². The van der Waals surface area contributed by atoms with Gasteiger partial charge in [0.25, 0.3) is 0 Å². The molecule has 0 spiro atoms. The van der Waals surface area contributed by atoms with E-state index in [1.807, 2.05) is 25.1 Å². The van der Waals surface area contributed by atoms with Gasteiger partial charge in [-0.3, -0.25) is 9.78 Å². The van der Waals surface area contributed by atoms with Gasteiger partial charge in [-0.1, -0.05) is 25.1 Å². The Morgan fingerprint density at radius 2 is 1.81 bits per heavy atom. The minimum absolute atomic E-state index is 0.0790. The van der Waals surface area contributed by atoms with E-state index in [9.17, 15) is 13.6 Å². The fraction of sp³-hybridized carbons (Fsp3) is 0.143. The SMILES string of the molecule is C[C@@H](Cc1cc(F)cc(F)c1)c1ncccc1-c1cccc(C(N)=O)c1. The molecule has 0 unspecified atom stereocenters. The third-order valence-corrected chi connectivity index (χ3v) is 4.23. The van der Waals surface area contributed by atoms with E-state index in [4.69, 9.17) is 5.73 Å². The van der Waals surface area contributed by atoms with Crippen LogP contribution in [0.25, 0.3) is 11.1 Å². The second-order valence-corrected chi connectivity index (χ2v) is 6.26. The molecule has 0 aliphatic rings. The molecule has 5 heteroatoms. The molecule has 1 amide bonds. The summed E-state index contributed by atoms with van der Waals surface area (Å²) in [5.74, 6) is -1.77. The molecule has 0 fully saturated rings. The van der Waals surface area contributed by atoms with Gasteiger partial charge in [0.15, 0.2) is 0 Å². The molecule has 132 valence electrons. The molecular weight excluding hydrogens is 334 g/mol. The number of carbonyl (C=O) groups is 1. The number of amides is 1. The summed E-state index contributed by atoms with van der Waals surface area (Å²) in [4.78, 5) is 15.9. The summed E-state index contributed by atoms with van der Waals surface area (Å²) in [6, 6.07) is 14.2. The molecule has 26 heavy (non-hydrogen) atoms. The summed E-state index contributed by atoms with van der Waals surface area (Å²) >= 11 is 0. The Hall–Kier alpha value is -3.08. The van der Waals surface area contributed by atoms with Crippen LogP contribution in [0.1, 0.15) is 34.5 Å². The molecule has 3 nitrogen and oxygen atoms in total. The molecule has 0 saturated carbocycles. The Kier molecular flexibility index (Phi) is 5.07. The third kappa shape index (κ3) is 3.94. The highest BCUT2D eigenvalue weighted by Gasteiger charge is 2.16. The average molecular weight is 352 g/mol. The van der Waals surface area contributed by atoms with Gasteiger partial charge < -0.3 is 5.73 Å². The second kappa shape index (κ2) is 7.44. The smallest absolute Gasteiger partial charge is 0.248 e. The van der Waals surface area contributed by atoms with E-state index in [-0.39, 0.29) is 5.92 Å². The molecule has 3 rings (SSSR count). The van der Waals surface area contributed by atoms with Crippen molar-refractivity contribution in [1.29, 1.82) is 0 Å². The van der Waals surface area contributed by atoms with Crippen LogP contribution in [0.15, 0.2) is 60.8 Å². The third-order valence-electron chi connectivity index (χ3n) is 4.23. The predicted molar refractivity (Wildman–Crippen MR) is 96.7 cm³/mol. The number of rotatable bonds is 5. The highest BCUT2D eigenvalue weighted by molar-refractivity contribution is 5.94. The number of hydrogen-bond acceptors (Lipinski definition) is 2. The van der Waals surface area contributed by atoms with Crippen molar-refractivity contribution in [2.45, 2.75) is 19.3 Å². The van der Waals surface area contributed by atoms with Crippen LogP contribution in [0, 0.1) is 11.6 Å². The number of primary amides is 1. The first-order chi connectivity index (χ1) is 12.4. The number of nitrogens with two attached hydrogens (primary N) is 1. The van der Waals surface area contributed by atoms with Gasteiger partial charge in [-0.05, 0) is 47.9 Å². The van der Waals surface area contributed by atoms with Crippen LogP contribution in [-0.2, 0) is 6.42 Å². The van der Waals surface area contributed by atoms with Crippen molar-refractivity contribution in [3.05, 3.63) is 89.2 Å². The van der Waals surface area contributed by atoms with E-state index in [0.717, 1.165) is 22.9 Å². The zero-order valence-corrected chi connectivity index (χ0v) is 14.2. The van der Waals surface area contributed by atoms with Gasteiger partial charge in [0.2, 0.25) is 5.91 Å². The highest BCUT2D eigenvalue weighted by atomic mass is 19.1. The van der Waals surface area contributed by atoms with Crippen LogP contribution in [0.4, 0.5) is 8.78 Å². The van der Waals surface area contributed by atoms with Crippen LogP contribution in [0.2, 0.25) is 0 Å². The first-order valence-electron chi connectivity index (χ1n) is 8.24. The minimum atomic E-state index is -0.595. The Bertz CT molecular complexity index is 936. The summed E-state index contributed by atoms with van der Waals surface area (Å²) in [6.45, 7) is 1.95. The molecule has 1 atom stereocenters. The van der Waals surface area contributed by atoms with E-state index in [0.29, 0.717) is 17.5 Å². The lowest BCUT2D eigenvalue weighted by Crippen LogP contribution is -2.11. The zero-order valence-electron chi connectivity index (χ0n) is 14.2. The number of benzene rings is 2. The van der Waals surface area contributed by atoms with E-state index >= 15 is 0 Å². The van der Waals surface area contributed by atoms with Gasteiger partial charge in [0.1, 0.15) is 11.6 Å². The number of hydrogen-bond donors (Lipinski definition) is 1. The summed E-state index contributed by atoms with van der Waals surface area (Å²) in [7, 11) is 0. The molecule has 0 bridgehead atoms. The van der Waals surface area contributed by atoms with Crippen LogP contribution < -0.4 is 5.73 Å². The monoisotopic (exact) mass is 352 g/mol. The normalized spacial score (nSPS) is 12.0. The molecule has 0 saturated heterocycles. The molecule has 0 radical (unpaired) electrons. The molecule has 3 aromatic rings. The number of nitrogens with zero attached hydrogens (tertiary/aromatic N) is 1. The van der Waals surface area contributed by atoms with E-state index in [1.165, 1.54) is 12.1 Å². The van der Waals surface area contributed by atoms with Gasteiger partial charge in [0.05, 0.1) is 5.69 Å². The number of pyridine rings is 1. The van der Waals surface area contributed by atoms with Crippen LogP contribution in [-0.4, -0.2) is 10.9 Å². The Morgan fingerprint density at radius 1 is 1.08 bits per heavy atom. The molecule has 2 N–H and O–H groups in total. The zero-order chi connectivity index (χ0) is 18.7. The summed E-state index contributed by atoms with van der Waals surface area (Å²) < 4.78 is 26.9. The molecule has 1 aromatic heterocycles. The summed E-state index contributed by atoms with van der Waals surface area (Å²) in [6.07, 6.45) is 2.12. The molecule has 0 aliphatic heterocycles. The number of aromatic nitrogens is 1. The van der Waals surface area contributed by atoms with Gasteiger partial charge in [-0.2, -0.15) is 0 Å². The Balaban J connectivity index is 1.96. The number of halogens is 2. The molecule has 0 aliphatic carbocycles. The fourth-order valence-electron chi connectivity index (χ4n) is 3.07. The lowest BCUT2D eigenvalue weighted by Gasteiger charge is -2.16. The first-order valence-corrected chi connectivity index (χ1v) is 8.24. The lowest BCUT2D eigenvalue weighted by atomic mass is 9.91. The topological polar surface area (TPSA) is 56.0 Å². The Labute approximate surface area is 150 Å². The van der Waals surface area contributed by atoms with Gasteiger partial charge in [0, 0.05) is 29.3 Å². The Morgan fingerprint density at radius 3 is 2.50 bits per heavy atom. The van der Waals surface area contributed by atoms with Crippen molar-refractivity contribution in [2.75, 3.05) is 0 Å². The van der Waals surface area contributed by atoms with Crippen LogP contribution >= 0.6 is 0 Å². The summed E-state index contributed by atoms with van der Waals surface area (Å²) in [5.41, 5.74) is 8.82. The second-order valence-electron chi connectivity index (χ2n) is 6.26. The van der Waals surface area contributed by atoms with Gasteiger partial charge >= 0.3 is 0 Å². The van der Waals surface area contributed by atoms with Gasteiger partial charge in [-0.15, -0.1) is 0 Å². The standard InChI is InChI=1S/C21H18F2N2O/c1-13(8-14-9-17(22)12-18(23)10-14)20-19(6-3-7-25-20)15-4-2-5-16(11-15)21(24)26/h2-7,9-13H,8H2,1H3,(H2,24,26)/t13-/m0/s1. The number of carbonyl (C=O) groups excluding carboxylic acids is 1. The first kappa shape index (κ1) is 17.7. The van der Waals surface area contributed by atoms with Crippen molar-refractivity contribution in [2.24, 2.45) is 5.73 Å². The minimum Gasteiger partial charge on any atom is -0.366 e. The quantitative estimate of drug-likeness (QED) is 0.736. The maximum absolute atomic E-state index is 13.4. The molecule has 2 aromatic carbocycles. The van der Waals surface area contributed by atoms with E-state index < -0.39 is 17.5 Å². The van der Waals surface area contributed by atoms with Crippen LogP contribution in [0.5, 0.6) is 0 Å². The van der Waals surface area contributed by atoms with Crippen molar-refractivity contribution in [3.8, 4) is 11.1 Å². The maximum atomic E-state index is 13.4. The van der Waals surface area contributed by atoms with E-state index in [1.54, 1.807) is 24.4 Å². The maximum Gasteiger partial charge on any atom is 0.248 e. The van der Waals surface area contributed by atoms with Crippen molar-refractivity contribution < 1.29 is 13.6 Å².